The summed E-state index contributed by atoms with van der Waals surface area (Å²) in [7, 11) is 0. The maximum atomic E-state index is 5.77. The molecule has 0 amide bonds. The van der Waals surface area contributed by atoms with E-state index in [1.54, 1.807) is 11.3 Å². The number of para-hydroxylation sites is 3. The van der Waals surface area contributed by atoms with E-state index in [1.807, 2.05) is 0 Å². The molecular formula is C54H29N5S. The van der Waals surface area contributed by atoms with Gasteiger partial charge in [-0.2, -0.15) is 4.98 Å². The molecular weight excluding hydrogens is 751 g/mol. The van der Waals surface area contributed by atoms with Gasteiger partial charge in [-0.05, 0) is 64.0 Å². The zero-order valence-electron chi connectivity index (χ0n) is 31.9. The Bertz CT molecular complexity index is 4370. The highest BCUT2D eigenvalue weighted by atomic mass is 32.1. The van der Waals surface area contributed by atoms with Crippen LogP contribution in [-0.4, -0.2) is 23.5 Å². The predicted octanol–water partition coefficient (Wildman–Crippen LogP) is 14.5. The second-order valence-corrected chi connectivity index (χ2v) is 17.1. The summed E-state index contributed by atoms with van der Waals surface area (Å²) in [4.78, 5) is 11.3. The van der Waals surface area contributed by atoms with Crippen LogP contribution in [0.25, 0.3) is 135 Å². The third-order valence-electron chi connectivity index (χ3n) is 13.2. The number of hydrogen-bond acceptors (Lipinski definition) is 3. The van der Waals surface area contributed by atoms with E-state index in [0.29, 0.717) is 5.95 Å². The minimum Gasteiger partial charge on any atom is -0.308 e. The number of benzene rings is 9. The van der Waals surface area contributed by atoms with E-state index in [0.717, 1.165) is 43.5 Å². The SMILES string of the molecule is c1ccc2c(c1)ccc1c2c2ccccc2n1-c1nc(-n2c3ccccc3c3c4c5c6ccccc6ccc5n5c6ccccc6c(cc32)c45)c2sc3ccccc3c2n1. The van der Waals surface area contributed by atoms with Crippen LogP contribution < -0.4 is 0 Å². The molecule has 0 bridgehead atoms. The highest BCUT2D eigenvalue weighted by Gasteiger charge is 2.28. The van der Waals surface area contributed by atoms with Gasteiger partial charge in [-0.3, -0.25) is 9.13 Å². The summed E-state index contributed by atoms with van der Waals surface area (Å²) in [6.07, 6.45) is 0. The molecule has 276 valence electrons. The first-order valence-electron chi connectivity index (χ1n) is 20.4. The second-order valence-electron chi connectivity index (χ2n) is 16.1. The van der Waals surface area contributed by atoms with E-state index in [4.69, 9.17) is 9.97 Å². The monoisotopic (exact) mass is 779 g/mol. The molecule has 5 nitrogen and oxygen atoms in total. The van der Waals surface area contributed by atoms with E-state index in [1.165, 1.54) is 85.9 Å². The van der Waals surface area contributed by atoms with Gasteiger partial charge in [0.1, 0.15) is 0 Å². The molecule has 0 unspecified atom stereocenters. The average molecular weight is 780 g/mol. The van der Waals surface area contributed by atoms with Crippen molar-refractivity contribution in [3.05, 3.63) is 176 Å². The first-order valence-corrected chi connectivity index (χ1v) is 21.2. The fourth-order valence-electron chi connectivity index (χ4n) is 10.8. The first-order chi connectivity index (χ1) is 29.8. The van der Waals surface area contributed by atoms with Gasteiger partial charge in [0, 0.05) is 53.2 Å². The third kappa shape index (κ3) is 3.74. The van der Waals surface area contributed by atoms with E-state index in [2.05, 4.69) is 189 Å². The molecule has 6 heteroatoms. The molecule has 0 aliphatic rings. The number of fused-ring (bicyclic) bond motifs is 20. The maximum Gasteiger partial charge on any atom is 0.237 e. The summed E-state index contributed by atoms with van der Waals surface area (Å²) in [5.41, 5.74) is 9.13. The van der Waals surface area contributed by atoms with Gasteiger partial charge in [-0.25, -0.2) is 4.98 Å². The average Bonchev–Trinajstić information content (AvgIpc) is 4.10. The summed E-state index contributed by atoms with van der Waals surface area (Å²) >= 11 is 1.78. The van der Waals surface area contributed by atoms with Gasteiger partial charge >= 0.3 is 0 Å². The third-order valence-corrected chi connectivity index (χ3v) is 14.3. The topological polar surface area (TPSA) is 40.0 Å². The van der Waals surface area contributed by atoms with Crippen molar-refractivity contribution in [2.24, 2.45) is 0 Å². The van der Waals surface area contributed by atoms with Crippen molar-refractivity contribution >= 4 is 135 Å². The lowest BCUT2D eigenvalue weighted by molar-refractivity contribution is 0.977. The van der Waals surface area contributed by atoms with Gasteiger partial charge in [0.25, 0.3) is 0 Å². The molecule has 0 saturated carbocycles. The van der Waals surface area contributed by atoms with Gasteiger partial charge in [0.2, 0.25) is 5.95 Å². The molecule has 0 atom stereocenters. The van der Waals surface area contributed by atoms with Crippen molar-refractivity contribution in [1.82, 2.24) is 23.5 Å². The minimum absolute atomic E-state index is 0.659. The van der Waals surface area contributed by atoms with Crippen molar-refractivity contribution in [2.75, 3.05) is 0 Å². The Morgan fingerprint density at radius 2 is 0.933 bits per heavy atom. The molecule has 6 heterocycles. The van der Waals surface area contributed by atoms with Crippen LogP contribution in [0.3, 0.4) is 0 Å². The fourth-order valence-corrected chi connectivity index (χ4v) is 11.9. The zero-order chi connectivity index (χ0) is 38.8. The summed E-state index contributed by atoms with van der Waals surface area (Å²) in [5, 5.41) is 16.0. The molecule has 0 radical (unpaired) electrons. The van der Waals surface area contributed by atoms with Crippen LogP contribution in [-0.2, 0) is 0 Å². The van der Waals surface area contributed by atoms with Crippen LogP contribution in [0.5, 0.6) is 0 Å². The van der Waals surface area contributed by atoms with Gasteiger partial charge in [0.05, 0.1) is 48.8 Å². The molecule has 0 aliphatic heterocycles. The number of thiophene rings is 1. The Hall–Kier alpha value is -7.80. The molecule has 0 spiro atoms. The fraction of sp³-hybridized carbons (Fsp3) is 0. The molecule has 9 aromatic carbocycles. The standard InChI is InChI=1S/C54H29N5S/c1-3-15-32-30(13-1)25-27-42-46(32)35-18-6-11-23-41(35)59(42)54-55-50-37-20-8-12-24-45(37)60-52(50)53(56-54)58-40-22-10-7-19-36(40)48-44(58)29-38-34-17-5-9-21-39(34)57-43-28-26-31-14-2-4-16-33(31)47(43)49(48)51(38)57/h1-29H. The molecule has 0 aliphatic carbocycles. The molecule has 60 heavy (non-hydrogen) atoms. The van der Waals surface area contributed by atoms with Crippen LogP contribution >= 0.6 is 11.3 Å². The van der Waals surface area contributed by atoms with E-state index in [9.17, 15) is 0 Å². The summed E-state index contributed by atoms with van der Waals surface area (Å²) < 4.78 is 9.50. The Kier molecular flexibility index (Phi) is 5.74. The van der Waals surface area contributed by atoms with Gasteiger partial charge in [-0.1, -0.05) is 133 Å². The zero-order valence-corrected chi connectivity index (χ0v) is 32.7. The maximum absolute atomic E-state index is 5.77. The van der Waals surface area contributed by atoms with Crippen molar-refractivity contribution in [3.63, 3.8) is 0 Å². The molecule has 0 N–H and O–H groups in total. The van der Waals surface area contributed by atoms with E-state index < -0.39 is 0 Å². The largest absolute Gasteiger partial charge is 0.308 e. The van der Waals surface area contributed by atoms with Crippen LogP contribution in [0.15, 0.2) is 176 Å². The van der Waals surface area contributed by atoms with Gasteiger partial charge in [0.15, 0.2) is 5.82 Å². The number of aromatic nitrogens is 5. The highest BCUT2D eigenvalue weighted by Crippen LogP contribution is 2.49. The predicted molar refractivity (Wildman–Crippen MR) is 253 cm³/mol. The van der Waals surface area contributed by atoms with Crippen LogP contribution in [0.4, 0.5) is 0 Å². The van der Waals surface area contributed by atoms with Gasteiger partial charge in [-0.15, -0.1) is 11.3 Å². The van der Waals surface area contributed by atoms with Crippen molar-refractivity contribution in [2.45, 2.75) is 0 Å². The first kappa shape index (κ1) is 31.2. The van der Waals surface area contributed by atoms with Crippen LogP contribution in [0.2, 0.25) is 0 Å². The summed E-state index contributed by atoms with van der Waals surface area (Å²) in [5.74, 6) is 1.55. The molecule has 0 saturated heterocycles. The smallest absolute Gasteiger partial charge is 0.237 e. The normalized spacial score (nSPS) is 12.7. The van der Waals surface area contributed by atoms with E-state index >= 15 is 0 Å². The van der Waals surface area contributed by atoms with E-state index in [-0.39, 0.29) is 0 Å². The Labute approximate surface area is 344 Å². The molecule has 6 aromatic heterocycles. The Balaban J connectivity index is 1.17. The van der Waals surface area contributed by atoms with Crippen molar-refractivity contribution in [3.8, 4) is 11.8 Å². The quantitative estimate of drug-likeness (QED) is 0.175. The van der Waals surface area contributed by atoms with Gasteiger partial charge < -0.3 is 4.40 Å². The highest BCUT2D eigenvalue weighted by molar-refractivity contribution is 7.26. The number of nitrogens with zero attached hydrogens (tertiary/aromatic N) is 5. The minimum atomic E-state index is 0.659. The molecule has 0 fully saturated rings. The Morgan fingerprint density at radius 3 is 1.70 bits per heavy atom. The van der Waals surface area contributed by atoms with Crippen LogP contribution in [0, 0.1) is 0 Å². The summed E-state index contributed by atoms with van der Waals surface area (Å²) in [6, 6.07) is 64.2. The molecule has 15 rings (SSSR count). The summed E-state index contributed by atoms with van der Waals surface area (Å²) in [6.45, 7) is 0. The number of rotatable bonds is 2. The van der Waals surface area contributed by atoms with Crippen molar-refractivity contribution in [1.29, 1.82) is 0 Å². The Morgan fingerprint density at radius 1 is 0.367 bits per heavy atom. The lowest BCUT2D eigenvalue weighted by Gasteiger charge is -2.13. The lowest BCUT2D eigenvalue weighted by atomic mass is 9.98. The lowest BCUT2D eigenvalue weighted by Crippen LogP contribution is -2.06. The molecule has 15 aromatic rings. The van der Waals surface area contributed by atoms with Crippen LogP contribution in [0.1, 0.15) is 0 Å². The number of hydrogen-bond donors (Lipinski definition) is 0. The van der Waals surface area contributed by atoms with Crippen molar-refractivity contribution < 1.29 is 0 Å². The second kappa shape index (κ2) is 11.0.